The molecule has 0 aliphatic heterocycles. The van der Waals surface area contributed by atoms with E-state index in [2.05, 4.69) is 25.5 Å². The minimum Gasteiger partial charge on any atom is -0.337 e. The van der Waals surface area contributed by atoms with E-state index in [1.165, 1.54) is 23.2 Å². The third-order valence-corrected chi connectivity index (χ3v) is 5.12. The summed E-state index contributed by atoms with van der Waals surface area (Å²) >= 11 is 0. The summed E-state index contributed by atoms with van der Waals surface area (Å²) in [5, 5.41) is 9.79. The summed E-state index contributed by atoms with van der Waals surface area (Å²) in [7, 11) is 0. The second kappa shape index (κ2) is 9.62. The summed E-state index contributed by atoms with van der Waals surface area (Å²) in [6.07, 6.45) is 1.51. The summed E-state index contributed by atoms with van der Waals surface area (Å²) in [4.78, 5) is 36.3. The molecule has 0 radical (unpaired) electrons. The van der Waals surface area contributed by atoms with E-state index in [9.17, 15) is 14.0 Å². The Labute approximate surface area is 195 Å². The van der Waals surface area contributed by atoms with Crippen molar-refractivity contribution < 1.29 is 14.0 Å². The number of H-pyrrole nitrogens is 1. The van der Waals surface area contributed by atoms with Crippen LogP contribution in [0.5, 0.6) is 0 Å². The number of pyridine rings is 1. The van der Waals surface area contributed by atoms with Gasteiger partial charge >= 0.3 is 0 Å². The van der Waals surface area contributed by atoms with Crippen LogP contribution in [0, 0.1) is 5.82 Å². The van der Waals surface area contributed by atoms with Gasteiger partial charge in [-0.15, -0.1) is 5.10 Å². The molecule has 4 rings (SSSR count). The number of nitrogens with zero attached hydrogens (tertiary/aromatic N) is 4. The van der Waals surface area contributed by atoms with E-state index >= 15 is 0 Å². The average Bonchev–Trinajstić information content (AvgIpc) is 3.33. The lowest BCUT2D eigenvalue weighted by molar-refractivity contribution is -0.123. The number of rotatable bonds is 7. The first kappa shape index (κ1) is 22.8. The smallest absolute Gasteiger partial charge is 0.270 e. The third kappa shape index (κ3) is 5.15. The van der Waals surface area contributed by atoms with Crippen LogP contribution in [0.15, 0.2) is 79.0 Å². The van der Waals surface area contributed by atoms with E-state index in [1.54, 1.807) is 44.2 Å². The standard InChI is InChI=1S/C25H23FN6O2/c1-25(2,29-22(33)20-10-6-7-15-27-20)23(34)32(16-17-8-4-3-5-9-17)24-28-21(30-31-24)18-11-13-19(26)14-12-18/h3-15H,16H2,1-2H3,(H,29,33)(H,28,30,31). The highest BCUT2D eigenvalue weighted by Gasteiger charge is 2.36. The largest absolute Gasteiger partial charge is 0.337 e. The van der Waals surface area contributed by atoms with Gasteiger partial charge in [0.05, 0.1) is 6.54 Å². The Balaban J connectivity index is 1.63. The fourth-order valence-electron chi connectivity index (χ4n) is 3.35. The van der Waals surface area contributed by atoms with Crippen LogP contribution in [0.2, 0.25) is 0 Å². The number of hydrogen-bond donors (Lipinski definition) is 2. The maximum atomic E-state index is 13.7. The first-order valence-corrected chi connectivity index (χ1v) is 10.6. The molecular weight excluding hydrogens is 435 g/mol. The third-order valence-electron chi connectivity index (χ3n) is 5.12. The van der Waals surface area contributed by atoms with Crippen LogP contribution in [0.25, 0.3) is 11.4 Å². The first-order valence-electron chi connectivity index (χ1n) is 10.6. The molecule has 4 aromatic rings. The maximum absolute atomic E-state index is 13.7. The van der Waals surface area contributed by atoms with E-state index in [0.717, 1.165) is 5.56 Å². The van der Waals surface area contributed by atoms with E-state index in [4.69, 9.17) is 0 Å². The van der Waals surface area contributed by atoms with Crippen molar-refractivity contribution in [3.05, 3.63) is 96.1 Å². The molecule has 0 unspecified atom stereocenters. The Morgan fingerprint density at radius 3 is 2.38 bits per heavy atom. The molecule has 8 nitrogen and oxygen atoms in total. The SMILES string of the molecule is CC(C)(NC(=O)c1ccccn1)C(=O)N(Cc1ccccc1)c1n[nH]c(-c2ccc(F)cc2)n1. The highest BCUT2D eigenvalue weighted by atomic mass is 19.1. The molecule has 9 heteroatoms. The molecule has 0 saturated heterocycles. The predicted octanol–water partition coefficient (Wildman–Crippen LogP) is 3.75. The molecule has 0 saturated carbocycles. The lowest BCUT2D eigenvalue weighted by Gasteiger charge is -2.30. The van der Waals surface area contributed by atoms with Crippen LogP contribution in [0.4, 0.5) is 10.3 Å². The molecule has 2 N–H and O–H groups in total. The predicted molar refractivity (Wildman–Crippen MR) is 125 cm³/mol. The van der Waals surface area contributed by atoms with Gasteiger partial charge in [0.1, 0.15) is 17.1 Å². The van der Waals surface area contributed by atoms with E-state index in [1.807, 2.05) is 30.3 Å². The summed E-state index contributed by atoms with van der Waals surface area (Å²) in [6.45, 7) is 3.41. The number of aromatic amines is 1. The van der Waals surface area contributed by atoms with Crippen LogP contribution in [-0.4, -0.2) is 37.5 Å². The molecule has 2 amide bonds. The van der Waals surface area contributed by atoms with Gasteiger partial charge in [0, 0.05) is 11.8 Å². The quantitative estimate of drug-likeness (QED) is 0.439. The zero-order valence-corrected chi connectivity index (χ0v) is 18.7. The van der Waals surface area contributed by atoms with Gasteiger partial charge in [-0.05, 0) is 55.8 Å². The number of benzene rings is 2. The van der Waals surface area contributed by atoms with Gasteiger partial charge in [0.15, 0.2) is 5.82 Å². The van der Waals surface area contributed by atoms with Crippen molar-refractivity contribution in [2.45, 2.75) is 25.9 Å². The van der Waals surface area contributed by atoms with Crippen LogP contribution < -0.4 is 10.2 Å². The number of aromatic nitrogens is 4. The summed E-state index contributed by atoms with van der Waals surface area (Å²) in [5.41, 5.74) is 0.389. The normalized spacial score (nSPS) is 11.1. The average molecular weight is 458 g/mol. The van der Waals surface area contributed by atoms with Gasteiger partial charge in [-0.25, -0.2) is 4.39 Å². The van der Waals surface area contributed by atoms with Gasteiger partial charge in [-0.2, -0.15) is 4.98 Å². The molecule has 0 fully saturated rings. The van der Waals surface area contributed by atoms with Crippen molar-refractivity contribution in [1.29, 1.82) is 0 Å². The van der Waals surface area contributed by atoms with E-state index < -0.39 is 17.4 Å². The number of hydrogen-bond acceptors (Lipinski definition) is 5. The van der Waals surface area contributed by atoms with Gasteiger partial charge in [0.25, 0.3) is 17.8 Å². The molecule has 172 valence electrons. The minimum absolute atomic E-state index is 0.133. The first-order chi connectivity index (χ1) is 16.3. The Kier molecular flexibility index (Phi) is 6.44. The molecule has 0 bridgehead atoms. The van der Waals surface area contributed by atoms with Crippen LogP contribution in [0.3, 0.4) is 0 Å². The van der Waals surface area contributed by atoms with Crippen molar-refractivity contribution in [3.63, 3.8) is 0 Å². The Morgan fingerprint density at radius 1 is 1.00 bits per heavy atom. The molecule has 2 aromatic carbocycles. The van der Waals surface area contributed by atoms with E-state index in [0.29, 0.717) is 11.4 Å². The monoisotopic (exact) mass is 458 g/mol. The minimum atomic E-state index is -1.29. The van der Waals surface area contributed by atoms with Crippen LogP contribution in [-0.2, 0) is 11.3 Å². The topological polar surface area (TPSA) is 104 Å². The number of amides is 2. The molecule has 34 heavy (non-hydrogen) atoms. The molecule has 2 aromatic heterocycles. The van der Waals surface area contributed by atoms with E-state index in [-0.39, 0.29) is 24.0 Å². The Hall–Kier alpha value is -4.40. The Bertz CT molecular complexity index is 1270. The van der Waals surface area contributed by atoms with Crippen molar-refractivity contribution in [2.75, 3.05) is 4.90 Å². The summed E-state index contributed by atoms with van der Waals surface area (Å²) < 4.78 is 13.3. The number of nitrogens with one attached hydrogen (secondary N) is 2. The number of halogens is 1. The summed E-state index contributed by atoms with van der Waals surface area (Å²) in [6, 6.07) is 20.1. The fraction of sp³-hybridized carbons (Fsp3) is 0.160. The molecule has 0 aliphatic carbocycles. The number of carbonyl (C=O) groups excluding carboxylic acids is 2. The van der Waals surface area contributed by atoms with Crippen molar-refractivity contribution in [2.24, 2.45) is 0 Å². The molecule has 0 spiro atoms. The fourth-order valence-corrected chi connectivity index (χ4v) is 3.35. The van der Waals surface area contributed by atoms with Gasteiger partial charge in [0.2, 0.25) is 0 Å². The zero-order chi connectivity index (χ0) is 24.1. The number of anilines is 1. The second-order valence-electron chi connectivity index (χ2n) is 8.16. The highest BCUT2D eigenvalue weighted by Crippen LogP contribution is 2.22. The van der Waals surface area contributed by atoms with Gasteiger partial charge in [-0.3, -0.25) is 24.6 Å². The van der Waals surface area contributed by atoms with Crippen molar-refractivity contribution in [3.8, 4) is 11.4 Å². The molecular formula is C25H23FN6O2. The molecule has 0 aliphatic rings. The van der Waals surface area contributed by atoms with Gasteiger partial charge < -0.3 is 5.32 Å². The molecule has 2 heterocycles. The van der Waals surface area contributed by atoms with Crippen molar-refractivity contribution >= 4 is 17.8 Å². The van der Waals surface area contributed by atoms with Crippen LogP contribution in [0.1, 0.15) is 29.9 Å². The van der Waals surface area contributed by atoms with Crippen LogP contribution >= 0.6 is 0 Å². The maximum Gasteiger partial charge on any atom is 0.270 e. The Morgan fingerprint density at radius 2 is 1.71 bits per heavy atom. The molecule has 0 atom stereocenters. The highest BCUT2D eigenvalue weighted by molar-refractivity contribution is 6.03. The lowest BCUT2D eigenvalue weighted by atomic mass is 10.0. The zero-order valence-electron chi connectivity index (χ0n) is 18.7. The second-order valence-corrected chi connectivity index (χ2v) is 8.16. The summed E-state index contributed by atoms with van der Waals surface area (Å²) in [5.74, 6) is -0.731. The number of carbonyl (C=O) groups is 2. The van der Waals surface area contributed by atoms with Crippen molar-refractivity contribution in [1.82, 2.24) is 25.5 Å². The lowest BCUT2D eigenvalue weighted by Crippen LogP contribution is -2.56. The van der Waals surface area contributed by atoms with Gasteiger partial charge in [-0.1, -0.05) is 36.4 Å².